The number of halogens is 10. The Morgan fingerprint density at radius 1 is 0.603 bits per heavy atom. The Balaban J connectivity index is 0.000000190. The summed E-state index contributed by atoms with van der Waals surface area (Å²) in [6, 6.07) is 17.8. The van der Waals surface area contributed by atoms with E-state index >= 15 is 0 Å². The lowest BCUT2D eigenvalue weighted by molar-refractivity contribution is -0.132. The summed E-state index contributed by atoms with van der Waals surface area (Å²) < 4.78 is 136. The second kappa shape index (κ2) is 22.2. The van der Waals surface area contributed by atoms with Crippen molar-refractivity contribution in [2.45, 2.75) is 83.7 Å². The van der Waals surface area contributed by atoms with Gasteiger partial charge in [0.2, 0.25) is 5.78 Å². The van der Waals surface area contributed by atoms with E-state index in [9.17, 15) is 63.4 Å². The van der Waals surface area contributed by atoms with Crippen molar-refractivity contribution in [2.24, 2.45) is 11.8 Å². The fraction of sp³-hybridized carbons (Fsp3) is 0.304. The maximum Gasteiger partial charge on any atom is 0.390 e. The number of fused-ring (bicyclic) bond motifs is 2. The smallest absolute Gasteiger partial charge is 0.382 e. The number of aliphatic hydroxyl groups excluding tert-OH is 1. The normalized spacial score (nSPS) is 14.1. The van der Waals surface area contributed by atoms with Crippen LogP contribution in [0.1, 0.15) is 117 Å². The summed E-state index contributed by atoms with van der Waals surface area (Å²) in [6.45, 7) is 2.62. The van der Waals surface area contributed by atoms with Gasteiger partial charge in [-0.05, 0) is 123 Å². The van der Waals surface area contributed by atoms with E-state index in [1.165, 1.54) is 33.6 Å². The Bertz CT molecular complexity index is 3600. The van der Waals surface area contributed by atoms with Gasteiger partial charge in [0.25, 0.3) is 0 Å². The van der Waals surface area contributed by atoms with Crippen molar-refractivity contribution < 1.29 is 63.4 Å². The van der Waals surface area contributed by atoms with Crippen LogP contribution in [0.2, 0.25) is 0 Å². The molecule has 1 unspecified atom stereocenters. The lowest BCUT2D eigenvalue weighted by Gasteiger charge is -2.16. The lowest BCUT2D eigenvalue weighted by atomic mass is 9.98. The molecule has 8 aromatic rings. The number of aliphatic hydroxyl groups is 1. The topological polar surface area (TPSA) is 156 Å². The van der Waals surface area contributed by atoms with Gasteiger partial charge >= 0.3 is 12.4 Å². The molecule has 2 saturated carbocycles. The number of nitrogens with one attached hydrogen (secondary N) is 2. The zero-order valence-electron chi connectivity index (χ0n) is 41.7. The molecule has 0 bridgehead atoms. The third kappa shape index (κ3) is 12.9. The van der Waals surface area contributed by atoms with Crippen molar-refractivity contribution in [1.29, 1.82) is 0 Å². The van der Waals surface area contributed by atoms with Crippen LogP contribution in [0.5, 0.6) is 0 Å². The third-order valence-corrected chi connectivity index (χ3v) is 13.3. The van der Waals surface area contributed by atoms with Crippen LogP contribution in [0, 0.1) is 49.0 Å². The molecule has 0 spiro atoms. The Morgan fingerprint density at radius 3 is 1.56 bits per heavy atom. The number of benzene rings is 4. The monoisotopic (exact) mass is 1090 g/mol. The fourth-order valence-corrected chi connectivity index (χ4v) is 8.88. The highest BCUT2D eigenvalue weighted by atomic mass is 19.4. The largest absolute Gasteiger partial charge is 0.390 e. The highest BCUT2D eigenvalue weighted by molar-refractivity contribution is 6.08. The predicted molar refractivity (Wildman–Crippen MR) is 268 cm³/mol. The Labute approximate surface area is 438 Å². The van der Waals surface area contributed by atoms with Crippen LogP contribution in [0.25, 0.3) is 33.8 Å². The van der Waals surface area contributed by atoms with Gasteiger partial charge in [-0.15, -0.1) is 0 Å². The second-order valence-electron chi connectivity index (χ2n) is 19.5. The average Bonchev–Trinajstić information content (AvgIpc) is 4.33. The van der Waals surface area contributed by atoms with Crippen LogP contribution >= 0.6 is 0 Å². The second-order valence-corrected chi connectivity index (χ2v) is 19.5. The highest BCUT2D eigenvalue weighted by Crippen LogP contribution is 2.37. The maximum absolute atomic E-state index is 14.4. The zero-order valence-corrected chi connectivity index (χ0v) is 41.7. The standard InChI is InChI=1S/C28H25F5N4O2.C28H23F5N4O2/c2*1-15-10-17(4-6-19(15)25(38)11-16-2-3-16)24-14-35-27-23(34-9-8-28(31,32)33)13-22(36-37(24)27)26(39)20-12-18(29)5-7-21(20)30/h4-7,10,12-14,16,26,34,39H,2-3,8-9,11H2,1H3;4-7,10,12-14,16,34H,2-3,8-9,11H2,1H3. The van der Waals surface area contributed by atoms with Crippen LogP contribution in [0.4, 0.5) is 55.3 Å². The number of alkyl halides is 6. The molecule has 1 atom stereocenters. The van der Waals surface area contributed by atoms with Gasteiger partial charge in [-0.25, -0.2) is 36.6 Å². The summed E-state index contributed by atoms with van der Waals surface area (Å²) in [5, 5.41) is 24.9. The molecule has 12 nitrogen and oxygen atoms in total. The molecule has 4 aromatic carbocycles. The average molecular weight is 1090 g/mol. The molecule has 3 N–H and O–H groups in total. The van der Waals surface area contributed by atoms with Crippen molar-refractivity contribution in [3.63, 3.8) is 0 Å². The molecule has 2 fully saturated rings. The van der Waals surface area contributed by atoms with E-state index < -0.39 is 79.0 Å². The minimum atomic E-state index is -4.42. The molecular formula is C56H48F10N8O4. The van der Waals surface area contributed by atoms with Crippen molar-refractivity contribution in [1.82, 2.24) is 29.2 Å². The van der Waals surface area contributed by atoms with Gasteiger partial charge in [0.1, 0.15) is 35.1 Å². The fourth-order valence-electron chi connectivity index (χ4n) is 8.88. The number of aryl methyl sites for hydroxylation is 2. The SMILES string of the molecule is Cc1cc(-c2cnc3c(NCCC(F)(F)F)cc(C(=O)c4cc(F)ccc4F)nn23)ccc1C(=O)CC1CC1.Cc1cc(-c2cnc3c(NCCC(F)(F)F)cc(C(O)c4cc(F)ccc4F)nn23)ccc1C(=O)CC1CC1. The summed E-state index contributed by atoms with van der Waals surface area (Å²) in [5.74, 6) is -3.41. The van der Waals surface area contributed by atoms with Crippen LogP contribution in [-0.2, 0) is 0 Å². The molecule has 78 heavy (non-hydrogen) atoms. The molecule has 2 aliphatic rings. The van der Waals surface area contributed by atoms with E-state index in [1.807, 2.05) is 6.92 Å². The van der Waals surface area contributed by atoms with Crippen LogP contribution in [0.3, 0.4) is 0 Å². The Kier molecular flexibility index (Phi) is 15.6. The minimum Gasteiger partial charge on any atom is -0.382 e. The molecule has 2 aliphatic carbocycles. The predicted octanol–water partition coefficient (Wildman–Crippen LogP) is 13.0. The summed E-state index contributed by atoms with van der Waals surface area (Å²) in [6.07, 6.45) is -4.68. The molecule has 22 heteroatoms. The third-order valence-electron chi connectivity index (χ3n) is 13.3. The van der Waals surface area contributed by atoms with Gasteiger partial charge in [0.15, 0.2) is 22.9 Å². The molecule has 0 aliphatic heterocycles. The lowest BCUT2D eigenvalue weighted by Crippen LogP contribution is -2.16. The summed E-state index contributed by atoms with van der Waals surface area (Å²) in [4.78, 5) is 47.0. The number of hydrogen-bond donors (Lipinski definition) is 3. The summed E-state index contributed by atoms with van der Waals surface area (Å²) in [7, 11) is 0. The van der Waals surface area contributed by atoms with Gasteiger partial charge in [0.05, 0.1) is 59.3 Å². The van der Waals surface area contributed by atoms with Crippen molar-refractivity contribution >= 4 is 40.0 Å². The van der Waals surface area contributed by atoms with Crippen molar-refractivity contribution in [2.75, 3.05) is 23.7 Å². The van der Waals surface area contributed by atoms with Gasteiger partial charge in [-0.2, -0.15) is 36.5 Å². The van der Waals surface area contributed by atoms with Crippen molar-refractivity contribution in [3.05, 3.63) is 165 Å². The number of imidazole rings is 2. The number of rotatable bonds is 18. The van der Waals surface area contributed by atoms with Crippen LogP contribution < -0.4 is 10.6 Å². The maximum atomic E-state index is 14.4. The molecule has 4 heterocycles. The number of carbonyl (C=O) groups excluding carboxylic acids is 3. The number of aromatic nitrogens is 6. The van der Waals surface area contributed by atoms with E-state index in [0.29, 0.717) is 58.3 Å². The van der Waals surface area contributed by atoms with E-state index in [0.717, 1.165) is 73.2 Å². The molecule has 0 amide bonds. The molecule has 4 aromatic heterocycles. The Morgan fingerprint density at radius 2 is 1.08 bits per heavy atom. The van der Waals surface area contributed by atoms with Crippen molar-refractivity contribution in [3.8, 4) is 22.5 Å². The number of Topliss-reactive ketones (excluding diaryl/α,β-unsaturated/α-hetero) is 2. The molecule has 10 rings (SSSR count). The number of anilines is 2. The molecular weight excluding hydrogens is 1040 g/mol. The number of hydrogen-bond acceptors (Lipinski definition) is 10. The first-order chi connectivity index (χ1) is 37.0. The van der Waals surface area contributed by atoms with Gasteiger partial charge in [-0.1, -0.05) is 24.3 Å². The number of ketones is 3. The van der Waals surface area contributed by atoms with Crippen LogP contribution in [-0.4, -0.2) is 77.1 Å². The van der Waals surface area contributed by atoms with Gasteiger partial charge in [-0.3, -0.25) is 14.4 Å². The molecule has 0 saturated heterocycles. The van der Waals surface area contributed by atoms with E-state index in [1.54, 1.807) is 43.3 Å². The zero-order chi connectivity index (χ0) is 55.8. The van der Waals surface area contributed by atoms with Gasteiger partial charge in [0, 0.05) is 53.7 Å². The highest BCUT2D eigenvalue weighted by Gasteiger charge is 2.31. The summed E-state index contributed by atoms with van der Waals surface area (Å²) in [5.41, 5.74) is 3.82. The quantitative estimate of drug-likeness (QED) is 0.0558. The first-order valence-corrected chi connectivity index (χ1v) is 24.8. The van der Waals surface area contributed by atoms with E-state index in [-0.39, 0.29) is 51.2 Å². The van der Waals surface area contributed by atoms with Crippen LogP contribution in [0.15, 0.2) is 97.3 Å². The number of carbonyl (C=O) groups is 3. The number of nitrogens with zero attached hydrogens (tertiary/aromatic N) is 6. The van der Waals surface area contributed by atoms with Gasteiger partial charge < -0.3 is 15.7 Å². The minimum absolute atomic E-state index is 0.0546. The van der Waals surface area contributed by atoms with E-state index in [2.05, 4.69) is 30.8 Å². The molecule has 0 radical (unpaired) electrons. The summed E-state index contributed by atoms with van der Waals surface area (Å²) >= 11 is 0. The first-order valence-electron chi connectivity index (χ1n) is 24.8. The first kappa shape index (κ1) is 54.8. The molecule has 406 valence electrons. The Hall–Kier alpha value is -8.01. The van der Waals surface area contributed by atoms with E-state index in [4.69, 9.17) is 0 Å².